The lowest BCUT2D eigenvalue weighted by atomic mass is 9.78. The highest BCUT2D eigenvalue weighted by Crippen LogP contribution is 2.37. The number of carbonyl (C=O) groups excluding carboxylic acids is 1. The van der Waals surface area contributed by atoms with Gasteiger partial charge in [-0.05, 0) is 52.2 Å². The van der Waals surface area contributed by atoms with Crippen molar-refractivity contribution >= 4 is 46.4 Å². The van der Waals surface area contributed by atoms with Crippen LogP contribution < -0.4 is 10.8 Å². The molecular formula is C18H21BN4O3S. The van der Waals surface area contributed by atoms with E-state index in [4.69, 9.17) is 9.31 Å². The van der Waals surface area contributed by atoms with Gasteiger partial charge >= 0.3 is 7.12 Å². The van der Waals surface area contributed by atoms with E-state index < -0.39 is 18.3 Å². The van der Waals surface area contributed by atoms with Crippen LogP contribution in [0.1, 0.15) is 43.2 Å². The number of benzene rings is 1. The molecule has 7 nitrogen and oxygen atoms in total. The van der Waals surface area contributed by atoms with Gasteiger partial charge in [-0.2, -0.15) is 5.10 Å². The smallest absolute Gasteiger partial charge is 0.399 e. The molecule has 2 aromatic heterocycles. The second-order valence-corrected chi connectivity index (χ2v) is 8.76. The Bertz CT molecular complexity index is 1010. The maximum absolute atomic E-state index is 12.6. The molecule has 0 bridgehead atoms. The number of nitrogens with one attached hydrogen (secondary N) is 2. The van der Waals surface area contributed by atoms with Gasteiger partial charge in [-0.25, -0.2) is 4.98 Å². The molecule has 0 aliphatic carbocycles. The third-order valence-corrected chi connectivity index (χ3v) is 5.98. The number of thiazole rings is 1. The third kappa shape index (κ3) is 3.15. The molecule has 1 aromatic carbocycles. The molecule has 0 radical (unpaired) electrons. The molecule has 0 spiro atoms. The molecule has 0 atom stereocenters. The normalized spacial score (nSPS) is 18.2. The van der Waals surface area contributed by atoms with Crippen LogP contribution in [0.3, 0.4) is 0 Å². The fourth-order valence-electron chi connectivity index (χ4n) is 2.95. The summed E-state index contributed by atoms with van der Waals surface area (Å²) < 4.78 is 12.3. The van der Waals surface area contributed by atoms with Crippen LogP contribution in [-0.4, -0.2) is 39.4 Å². The Balaban J connectivity index is 1.69. The largest absolute Gasteiger partial charge is 0.494 e. The van der Waals surface area contributed by atoms with Crippen molar-refractivity contribution in [3.05, 3.63) is 34.4 Å². The quantitative estimate of drug-likeness (QED) is 0.678. The summed E-state index contributed by atoms with van der Waals surface area (Å²) in [7, 11) is -0.528. The van der Waals surface area contributed by atoms with E-state index in [0.717, 1.165) is 21.4 Å². The molecule has 140 valence electrons. The van der Waals surface area contributed by atoms with Crippen LogP contribution in [-0.2, 0) is 9.31 Å². The molecule has 9 heteroatoms. The minimum absolute atomic E-state index is 0.257. The number of aromatic nitrogens is 3. The topological polar surface area (TPSA) is 89.1 Å². The van der Waals surface area contributed by atoms with E-state index in [1.54, 1.807) is 11.6 Å². The molecule has 4 rings (SSSR count). The predicted octanol–water partition coefficient (Wildman–Crippen LogP) is 2.88. The van der Waals surface area contributed by atoms with Crippen LogP contribution in [0, 0.1) is 6.92 Å². The second kappa shape index (κ2) is 6.15. The number of aromatic amines is 1. The van der Waals surface area contributed by atoms with Gasteiger partial charge in [-0.3, -0.25) is 9.89 Å². The van der Waals surface area contributed by atoms with Crippen molar-refractivity contribution in [3.63, 3.8) is 0 Å². The van der Waals surface area contributed by atoms with E-state index in [1.165, 1.54) is 11.3 Å². The molecule has 27 heavy (non-hydrogen) atoms. The summed E-state index contributed by atoms with van der Waals surface area (Å²) in [6, 6.07) is 3.81. The van der Waals surface area contributed by atoms with Crippen molar-refractivity contribution in [3.8, 4) is 0 Å². The summed E-state index contributed by atoms with van der Waals surface area (Å²) in [4.78, 5) is 16.8. The number of hydrogen-bond acceptors (Lipinski definition) is 6. The van der Waals surface area contributed by atoms with Gasteiger partial charge in [0.15, 0.2) is 0 Å². The van der Waals surface area contributed by atoms with Crippen LogP contribution in [0.25, 0.3) is 10.9 Å². The molecule has 3 heterocycles. The van der Waals surface area contributed by atoms with Crippen LogP contribution in [0.5, 0.6) is 0 Å². The number of nitrogens with zero attached hydrogens (tertiary/aromatic N) is 2. The first-order chi connectivity index (χ1) is 12.7. The predicted molar refractivity (Wildman–Crippen MR) is 107 cm³/mol. The van der Waals surface area contributed by atoms with Crippen LogP contribution in [0.15, 0.2) is 23.7 Å². The summed E-state index contributed by atoms with van der Waals surface area (Å²) >= 11 is 1.44. The molecule has 1 aliphatic rings. The van der Waals surface area contributed by atoms with Gasteiger partial charge in [-0.1, -0.05) is 0 Å². The summed E-state index contributed by atoms with van der Waals surface area (Å²) in [5, 5.41) is 13.4. The first-order valence-corrected chi connectivity index (χ1v) is 9.60. The Morgan fingerprint density at radius 2 is 1.93 bits per heavy atom. The summed E-state index contributed by atoms with van der Waals surface area (Å²) in [5.41, 5.74) is 1.77. The van der Waals surface area contributed by atoms with Gasteiger partial charge in [-0.15, -0.1) is 11.3 Å². The Hall–Kier alpha value is -2.23. The lowest BCUT2D eigenvalue weighted by Crippen LogP contribution is -2.41. The van der Waals surface area contributed by atoms with E-state index in [9.17, 15) is 4.79 Å². The van der Waals surface area contributed by atoms with Gasteiger partial charge in [0.1, 0.15) is 5.69 Å². The number of carbonyl (C=O) groups is 1. The lowest BCUT2D eigenvalue weighted by Gasteiger charge is -2.32. The fourth-order valence-corrected chi connectivity index (χ4v) is 3.54. The van der Waals surface area contributed by atoms with Gasteiger partial charge in [0.2, 0.25) is 0 Å². The van der Waals surface area contributed by atoms with Crippen LogP contribution >= 0.6 is 11.3 Å². The molecule has 1 amide bonds. The maximum Gasteiger partial charge on any atom is 0.494 e. The van der Waals surface area contributed by atoms with Crippen LogP contribution in [0.4, 0.5) is 5.69 Å². The van der Waals surface area contributed by atoms with Crippen molar-refractivity contribution in [1.29, 1.82) is 0 Å². The van der Waals surface area contributed by atoms with Gasteiger partial charge in [0, 0.05) is 10.8 Å². The summed E-state index contributed by atoms with van der Waals surface area (Å²) in [6.07, 6.45) is 1.69. The van der Waals surface area contributed by atoms with E-state index in [2.05, 4.69) is 20.5 Å². The highest BCUT2D eigenvalue weighted by molar-refractivity contribution is 7.09. The highest BCUT2D eigenvalue weighted by Gasteiger charge is 2.51. The van der Waals surface area contributed by atoms with Crippen molar-refractivity contribution in [2.24, 2.45) is 0 Å². The lowest BCUT2D eigenvalue weighted by molar-refractivity contribution is 0.00578. The first kappa shape index (κ1) is 18.2. The zero-order valence-corrected chi connectivity index (χ0v) is 16.7. The van der Waals surface area contributed by atoms with E-state index in [0.29, 0.717) is 11.4 Å². The fraction of sp³-hybridized carbons (Fsp3) is 0.389. The van der Waals surface area contributed by atoms with E-state index in [1.807, 2.05) is 46.8 Å². The number of H-pyrrole nitrogens is 1. The minimum atomic E-state index is -0.528. The molecule has 1 saturated heterocycles. The number of hydrogen-bond donors (Lipinski definition) is 2. The Morgan fingerprint density at radius 1 is 1.22 bits per heavy atom. The zero-order chi connectivity index (χ0) is 19.4. The van der Waals surface area contributed by atoms with Gasteiger partial charge in [0.25, 0.3) is 5.91 Å². The molecule has 1 aliphatic heterocycles. The van der Waals surface area contributed by atoms with E-state index in [-0.39, 0.29) is 5.91 Å². The zero-order valence-electron chi connectivity index (χ0n) is 15.9. The molecular weight excluding hydrogens is 363 g/mol. The van der Waals surface area contributed by atoms with Crippen molar-refractivity contribution < 1.29 is 14.1 Å². The number of aryl methyl sites for hydroxylation is 1. The van der Waals surface area contributed by atoms with Crippen molar-refractivity contribution in [1.82, 2.24) is 15.2 Å². The highest BCUT2D eigenvalue weighted by atomic mass is 32.1. The van der Waals surface area contributed by atoms with E-state index >= 15 is 0 Å². The third-order valence-electron chi connectivity index (χ3n) is 5.21. The average Bonchev–Trinajstić information content (AvgIpc) is 3.26. The molecule has 2 N–H and O–H groups in total. The standard InChI is InChI=1S/C18H21BN4O3S/c1-10-21-15(9-27-10)16(24)22-13-6-11(7-14-12(13)8-20-23-14)19-25-17(2,3)18(4,5)26-19/h6-9H,1-5H3,(H,20,23)(H,22,24). The van der Waals surface area contributed by atoms with Crippen molar-refractivity contribution in [2.75, 3.05) is 5.32 Å². The SMILES string of the molecule is Cc1nc(C(=O)Nc2cc(B3OC(C)(C)C(C)(C)O3)cc3[nH]ncc23)cs1. The molecule has 3 aromatic rings. The molecule has 0 saturated carbocycles. The van der Waals surface area contributed by atoms with Crippen LogP contribution in [0.2, 0.25) is 0 Å². The Kier molecular flexibility index (Phi) is 4.14. The molecule has 0 unspecified atom stereocenters. The van der Waals surface area contributed by atoms with Gasteiger partial charge < -0.3 is 14.6 Å². The second-order valence-electron chi connectivity index (χ2n) is 7.69. The first-order valence-electron chi connectivity index (χ1n) is 8.72. The monoisotopic (exact) mass is 384 g/mol. The number of rotatable bonds is 3. The Labute approximate surface area is 161 Å². The number of anilines is 1. The minimum Gasteiger partial charge on any atom is -0.399 e. The summed E-state index contributed by atoms with van der Waals surface area (Å²) in [6.45, 7) is 9.91. The van der Waals surface area contributed by atoms with Crippen molar-refractivity contribution in [2.45, 2.75) is 45.8 Å². The average molecular weight is 384 g/mol. The number of amides is 1. The maximum atomic E-state index is 12.6. The number of fused-ring (bicyclic) bond motifs is 1. The summed E-state index contributed by atoms with van der Waals surface area (Å²) in [5.74, 6) is -0.257. The molecule has 1 fully saturated rings. The Morgan fingerprint density at radius 3 is 2.56 bits per heavy atom. The van der Waals surface area contributed by atoms with Gasteiger partial charge in [0.05, 0.1) is 33.6 Å².